The zero-order chi connectivity index (χ0) is 14.7. The van der Waals surface area contributed by atoms with Gasteiger partial charge in [0.25, 0.3) is 0 Å². The minimum atomic E-state index is -0.152. The molecule has 21 heavy (non-hydrogen) atoms. The van der Waals surface area contributed by atoms with Crippen LogP contribution in [0.3, 0.4) is 0 Å². The van der Waals surface area contributed by atoms with Crippen molar-refractivity contribution in [2.45, 2.75) is 31.7 Å². The highest BCUT2D eigenvalue weighted by Crippen LogP contribution is 2.26. The molecule has 1 nitrogen and oxygen atoms in total. The van der Waals surface area contributed by atoms with Gasteiger partial charge in [0.1, 0.15) is 5.82 Å². The maximum atomic E-state index is 13.3. The fraction of sp³-hybridized carbons (Fsp3) is 0.412. The van der Waals surface area contributed by atoms with Crippen molar-refractivity contribution in [1.82, 2.24) is 5.32 Å². The lowest BCUT2D eigenvalue weighted by atomic mass is 9.95. The Morgan fingerprint density at radius 2 is 2.10 bits per heavy atom. The van der Waals surface area contributed by atoms with Gasteiger partial charge in [-0.05, 0) is 68.0 Å². The highest BCUT2D eigenvalue weighted by molar-refractivity contribution is 7.16. The molecule has 3 rings (SSSR count). The topological polar surface area (TPSA) is 12.0 Å². The van der Waals surface area contributed by atoms with Crippen molar-refractivity contribution < 1.29 is 4.39 Å². The molecular formula is C17H19ClFNS. The van der Waals surface area contributed by atoms with E-state index in [1.54, 1.807) is 23.5 Å². The van der Waals surface area contributed by atoms with Crippen LogP contribution < -0.4 is 5.32 Å². The van der Waals surface area contributed by atoms with Crippen molar-refractivity contribution in [2.75, 3.05) is 6.54 Å². The Balaban J connectivity index is 1.65. The molecule has 1 aromatic heterocycles. The minimum absolute atomic E-state index is 0.152. The van der Waals surface area contributed by atoms with Crippen molar-refractivity contribution in [3.8, 4) is 0 Å². The highest BCUT2D eigenvalue weighted by atomic mass is 35.5. The quantitative estimate of drug-likeness (QED) is 0.779. The molecule has 2 aromatic rings. The predicted molar refractivity (Wildman–Crippen MR) is 87.7 cm³/mol. The van der Waals surface area contributed by atoms with Gasteiger partial charge in [-0.15, -0.1) is 11.3 Å². The third-order valence-electron chi connectivity index (χ3n) is 3.80. The van der Waals surface area contributed by atoms with E-state index in [1.807, 2.05) is 12.1 Å². The fourth-order valence-corrected chi connectivity index (χ4v) is 3.78. The summed E-state index contributed by atoms with van der Waals surface area (Å²) in [5.74, 6) is 0.322. The van der Waals surface area contributed by atoms with Crippen molar-refractivity contribution in [2.24, 2.45) is 5.92 Å². The fourth-order valence-electron chi connectivity index (χ4n) is 2.58. The molecule has 0 saturated heterocycles. The molecule has 1 saturated carbocycles. The van der Waals surface area contributed by atoms with Gasteiger partial charge in [-0.2, -0.15) is 0 Å². The summed E-state index contributed by atoms with van der Waals surface area (Å²) in [6, 6.07) is 11.7. The van der Waals surface area contributed by atoms with Crippen LogP contribution >= 0.6 is 22.9 Å². The summed E-state index contributed by atoms with van der Waals surface area (Å²) in [6.45, 7) is 0.983. The smallest absolute Gasteiger partial charge is 0.123 e. The van der Waals surface area contributed by atoms with Crippen LogP contribution in [-0.4, -0.2) is 12.6 Å². The Labute approximate surface area is 134 Å². The first-order valence-electron chi connectivity index (χ1n) is 7.41. The van der Waals surface area contributed by atoms with E-state index in [0.29, 0.717) is 12.0 Å². The summed E-state index contributed by atoms with van der Waals surface area (Å²) in [7, 11) is 0. The molecule has 1 N–H and O–H groups in total. The second kappa shape index (κ2) is 6.91. The van der Waals surface area contributed by atoms with E-state index < -0.39 is 0 Å². The molecule has 1 heterocycles. The summed E-state index contributed by atoms with van der Waals surface area (Å²) in [4.78, 5) is 1.30. The van der Waals surface area contributed by atoms with E-state index >= 15 is 0 Å². The van der Waals surface area contributed by atoms with Gasteiger partial charge in [0.2, 0.25) is 0 Å². The zero-order valence-corrected chi connectivity index (χ0v) is 13.4. The largest absolute Gasteiger partial charge is 0.314 e. The Bertz CT molecular complexity index is 594. The van der Waals surface area contributed by atoms with Crippen LogP contribution in [-0.2, 0) is 12.8 Å². The van der Waals surface area contributed by atoms with Gasteiger partial charge in [-0.1, -0.05) is 23.7 Å². The van der Waals surface area contributed by atoms with Gasteiger partial charge in [0.15, 0.2) is 0 Å². The summed E-state index contributed by atoms with van der Waals surface area (Å²) in [6.07, 6.45) is 4.47. The standard InChI is InChI=1S/C17H19ClFNS/c18-17-7-6-16(21-17)10-13(11-20-15-4-5-15)8-12-2-1-3-14(19)9-12/h1-3,6-7,9,13,15,20H,4-5,8,10-11H2. The van der Waals surface area contributed by atoms with Crippen LogP contribution in [0, 0.1) is 11.7 Å². The van der Waals surface area contributed by atoms with Crippen LogP contribution in [0.4, 0.5) is 4.39 Å². The van der Waals surface area contributed by atoms with E-state index in [2.05, 4.69) is 11.4 Å². The average molecular weight is 324 g/mol. The number of nitrogens with one attached hydrogen (secondary N) is 1. The van der Waals surface area contributed by atoms with E-state index in [9.17, 15) is 4.39 Å². The lowest BCUT2D eigenvalue weighted by Crippen LogP contribution is -2.27. The molecule has 1 unspecified atom stereocenters. The normalized spacial score (nSPS) is 16.1. The molecule has 1 atom stereocenters. The van der Waals surface area contributed by atoms with Gasteiger partial charge >= 0.3 is 0 Å². The van der Waals surface area contributed by atoms with Crippen molar-refractivity contribution in [3.05, 3.63) is 57.0 Å². The van der Waals surface area contributed by atoms with Crippen LogP contribution in [0.2, 0.25) is 4.34 Å². The van der Waals surface area contributed by atoms with E-state index in [0.717, 1.165) is 29.3 Å². The molecule has 0 aliphatic heterocycles. The number of halogens is 2. The minimum Gasteiger partial charge on any atom is -0.314 e. The lowest BCUT2D eigenvalue weighted by Gasteiger charge is -2.17. The average Bonchev–Trinajstić information content (AvgIpc) is 3.19. The molecule has 0 radical (unpaired) electrons. The predicted octanol–water partition coefficient (Wildman–Crippen LogP) is 4.69. The van der Waals surface area contributed by atoms with Crippen LogP contribution in [0.15, 0.2) is 36.4 Å². The van der Waals surface area contributed by atoms with Gasteiger partial charge in [-0.3, -0.25) is 0 Å². The third kappa shape index (κ3) is 4.80. The number of hydrogen-bond acceptors (Lipinski definition) is 2. The lowest BCUT2D eigenvalue weighted by molar-refractivity contribution is 0.470. The zero-order valence-electron chi connectivity index (χ0n) is 11.8. The number of rotatable bonds is 7. The second-order valence-corrected chi connectivity index (χ2v) is 7.59. The van der Waals surface area contributed by atoms with Gasteiger partial charge in [0, 0.05) is 10.9 Å². The molecule has 0 amide bonds. The summed E-state index contributed by atoms with van der Waals surface area (Å²) in [5, 5.41) is 3.60. The van der Waals surface area contributed by atoms with Gasteiger partial charge < -0.3 is 5.32 Å². The van der Waals surface area contributed by atoms with Crippen LogP contribution in [0.25, 0.3) is 0 Å². The molecule has 1 aromatic carbocycles. The molecule has 0 bridgehead atoms. The van der Waals surface area contributed by atoms with Crippen molar-refractivity contribution in [3.63, 3.8) is 0 Å². The van der Waals surface area contributed by atoms with Crippen molar-refractivity contribution >= 4 is 22.9 Å². The first-order valence-corrected chi connectivity index (χ1v) is 8.60. The van der Waals surface area contributed by atoms with Gasteiger partial charge in [-0.25, -0.2) is 4.39 Å². The Morgan fingerprint density at radius 1 is 1.24 bits per heavy atom. The highest BCUT2D eigenvalue weighted by Gasteiger charge is 2.22. The third-order valence-corrected chi connectivity index (χ3v) is 5.06. The van der Waals surface area contributed by atoms with Crippen LogP contribution in [0.1, 0.15) is 23.3 Å². The maximum Gasteiger partial charge on any atom is 0.123 e. The molecule has 4 heteroatoms. The summed E-state index contributed by atoms with van der Waals surface area (Å²) >= 11 is 7.66. The Hall–Kier alpha value is -0.900. The summed E-state index contributed by atoms with van der Waals surface area (Å²) in [5.41, 5.74) is 1.07. The Kier molecular flexibility index (Phi) is 4.94. The molecule has 112 valence electrons. The van der Waals surface area contributed by atoms with E-state index in [4.69, 9.17) is 11.6 Å². The molecule has 1 aliphatic carbocycles. The number of thiophene rings is 1. The first kappa shape index (κ1) is 15.0. The first-order chi connectivity index (χ1) is 10.2. The molecular weight excluding hydrogens is 305 g/mol. The molecule has 1 aliphatic rings. The molecule has 0 spiro atoms. The van der Waals surface area contributed by atoms with Crippen LogP contribution in [0.5, 0.6) is 0 Å². The maximum absolute atomic E-state index is 13.3. The van der Waals surface area contributed by atoms with Crippen molar-refractivity contribution in [1.29, 1.82) is 0 Å². The molecule has 1 fully saturated rings. The second-order valence-electron chi connectivity index (χ2n) is 5.79. The monoisotopic (exact) mass is 323 g/mol. The van der Waals surface area contributed by atoms with E-state index in [1.165, 1.54) is 23.8 Å². The summed E-state index contributed by atoms with van der Waals surface area (Å²) < 4.78 is 14.2. The number of hydrogen-bond donors (Lipinski definition) is 1. The van der Waals surface area contributed by atoms with Gasteiger partial charge in [0.05, 0.1) is 4.34 Å². The number of benzene rings is 1. The Morgan fingerprint density at radius 3 is 2.76 bits per heavy atom. The van der Waals surface area contributed by atoms with E-state index in [-0.39, 0.29) is 5.82 Å². The SMILES string of the molecule is Fc1cccc(CC(CNC2CC2)Cc2ccc(Cl)s2)c1.